The fraction of sp³-hybridized carbons (Fsp3) is 0.500. The Morgan fingerprint density at radius 2 is 2.62 bits per heavy atom. The summed E-state index contributed by atoms with van der Waals surface area (Å²) in [5.41, 5.74) is 1.37. The lowest BCUT2D eigenvalue weighted by molar-refractivity contribution is 0.435. The Balaban J connectivity index is 2.40. The van der Waals surface area contributed by atoms with E-state index in [4.69, 9.17) is 18.6 Å². The Hall–Kier alpha value is -1.01. The van der Waals surface area contributed by atoms with Gasteiger partial charge in [0.15, 0.2) is 5.11 Å². The minimum Gasteiger partial charge on any atom is -0.352 e. The van der Waals surface area contributed by atoms with E-state index in [9.17, 15) is 0 Å². The van der Waals surface area contributed by atoms with Gasteiger partial charge >= 0.3 is 0 Å². The summed E-state index contributed by atoms with van der Waals surface area (Å²) >= 11 is 5.18. The van der Waals surface area contributed by atoms with Crippen LogP contribution < -0.4 is 5.32 Å². The second-order valence-corrected chi connectivity index (χ2v) is 3.51. The van der Waals surface area contributed by atoms with E-state index in [2.05, 4.69) is 29.1 Å². The lowest BCUT2D eigenvalue weighted by Crippen LogP contribution is -2.42. The van der Waals surface area contributed by atoms with Crippen LogP contribution in [0.2, 0.25) is 0 Å². The molecule has 70 valence electrons. The van der Waals surface area contributed by atoms with Crippen LogP contribution in [0.1, 0.15) is 13.3 Å². The molecule has 0 amide bonds. The Kier molecular flexibility index (Phi) is 3.78. The summed E-state index contributed by atoms with van der Waals surface area (Å²) in [6.45, 7) is 4.55. The zero-order chi connectivity index (χ0) is 9.68. The molecule has 0 unspecified atom stereocenters. The number of terminal acetylenes is 1. The maximum atomic E-state index is 5.18. The first-order chi connectivity index (χ1) is 6.24. The van der Waals surface area contributed by atoms with Crippen molar-refractivity contribution in [3.8, 4) is 12.3 Å². The van der Waals surface area contributed by atoms with Gasteiger partial charge in [-0.25, -0.2) is 0 Å². The van der Waals surface area contributed by atoms with Gasteiger partial charge in [-0.1, -0.05) is 17.6 Å². The fourth-order valence-corrected chi connectivity index (χ4v) is 1.55. The maximum Gasteiger partial charge on any atom is 0.169 e. The monoisotopic (exact) mass is 194 g/mol. The van der Waals surface area contributed by atoms with Gasteiger partial charge < -0.3 is 10.2 Å². The van der Waals surface area contributed by atoms with Gasteiger partial charge in [-0.2, -0.15) is 0 Å². The molecule has 3 heteroatoms. The number of nitrogens with one attached hydrogen (secondary N) is 1. The van der Waals surface area contributed by atoms with Crippen molar-refractivity contribution in [1.29, 1.82) is 0 Å². The van der Waals surface area contributed by atoms with Gasteiger partial charge in [0.2, 0.25) is 0 Å². The van der Waals surface area contributed by atoms with Gasteiger partial charge in [0, 0.05) is 13.1 Å². The number of rotatable bonds is 1. The number of thiocarbonyl (C=S) groups is 1. The molecule has 13 heavy (non-hydrogen) atoms. The van der Waals surface area contributed by atoms with Crippen LogP contribution >= 0.6 is 12.2 Å². The first-order valence-electron chi connectivity index (χ1n) is 4.36. The zero-order valence-electron chi connectivity index (χ0n) is 7.84. The predicted molar refractivity (Wildman–Crippen MR) is 59.4 cm³/mol. The highest BCUT2D eigenvalue weighted by Gasteiger charge is 2.11. The maximum absolute atomic E-state index is 5.18. The van der Waals surface area contributed by atoms with Gasteiger partial charge in [-0.15, -0.1) is 6.42 Å². The average Bonchev–Trinajstić information content (AvgIpc) is 2.14. The van der Waals surface area contributed by atoms with Gasteiger partial charge in [-0.05, 0) is 25.6 Å². The van der Waals surface area contributed by atoms with Crippen LogP contribution in [-0.4, -0.2) is 29.6 Å². The summed E-state index contributed by atoms with van der Waals surface area (Å²) < 4.78 is 0. The fourth-order valence-electron chi connectivity index (χ4n) is 1.32. The second-order valence-electron chi connectivity index (χ2n) is 3.12. The molecular weight excluding hydrogens is 180 g/mol. The molecule has 0 saturated carbocycles. The largest absolute Gasteiger partial charge is 0.352 e. The highest BCUT2D eigenvalue weighted by Crippen LogP contribution is 2.08. The van der Waals surface area contributed by atoms with Crippen molar-refractivity contribution >= 4 is 17.3 Å². The van der Waals surface area contributed by atoms with Crippen LogP contribution in [0.3, 0.4) is 0 Å². The SMILES string of the molecule is C#CCNC(=S)N1CCC=C(C)C1. The molecule has 0 aromatic rings. The van der Waals surface area contributed by atoms with Crippen LogP contribution in [0.15, 0.2) is 11.6 Å². The average molecular weight is 194 g/mol. The summed E-state index contributed by atoms with van der Waals surface area (Å²) in [5.74, 6) is 2.51. The third kappa shape index (κ3) is 3.08. The summed E-state index contributed by atoms with van der Waals surface area (Å²) in [7, 11) is 0. The highest BCUT2D eigenvalue weighted by atomic mass is 32.1. The summed E-state index contributed by atoms with van der Waals surface area (Å²) in [4.78, 5) is 2.14. The Morgan fingerprint density at radius 3 is 3.23 bits per heavy atom. The molecule has 0 aromatic heterocycles. The Labute approximate surface area is 85.0 Å². The van der Waals surface area contributed by atoms with Crippen molar-refractivity contribution in [3.63, 3.8) is 0 Å². The Morgan fingerprint density at radius 1 is 1.85 bits per heavy atom. The van der Waals surface area contributed by atoms with Crippen LogP contribution in [0.5, 0.6) is 0 Å². The summed E-state index contributed by atoms with van der Waals surface area (Å²) in [5, 5.41) is 3.79. The molecule has 0 radical (unpaired) electrons. The van der Waals surface area contributed by atoms with Crippen LogP contribution in [0.4, 0.5) is 0 Å². The molecule has 1 aliphatic rings. The van der Waals surface area contributed by atoms with Crippen molar-refractivity contribution in [3.05, 3.63) is 11.6 Å². The van der Waals surface area contributed by atoms with Crippen LogP contribution in [0, 0.1) is 12.3 Å². The van der Waals surface area contributed by atoms with Crippen LogP contribution in [0.25, 0.3) is 0 Å². The van der Waals surface area contributed by atoms with Crippen LogP contribution in [-0.2, 0) is 0 Å². The van der Waals surface area contributed by atoms with Gasteiger partial charge in [0.1, 0.15) is 0 Å². The van der Waals surface area contributed by atoms with Crippen molar-refractivity contribution in [2.45, 2.75) is 13.3 Å². The first-order valence-corrected chi connectivity index (χ1v) is 4.76. The molecule has 0 fully saturated rings. The number of hydrogen-bond acceptors (Lipinski definition) is 1. The molecular formula is C10H14N2S. The Bertz CT molecular complexity index is 263. The van der Waals surface area contributed by atoms with Gasteiger partial charge in [0.25, 0.3) is 0 Å². The van der Waals surface area contributed by atoms with E-state index in [0.717, 1.165) is 24.6 Å². The molecule has 0 bridgehead atoms. The van der Waals surface area contributed by atoms with Gasteiger partial charge in [0.05, 0.1) is 6.54 Å². The second kappa shape index (κ2) is 4.88. The molecule has 1 aliphatic heterocycles. The molecule has 0 atom stereocenters. The summed E-state index contributed by atoms with van der Waals surface area (Å²) in [6, 6.07) is 0. The lowest BCUT2D eigenvalue weighted by Gasteiger charge is -2.28. The molecule has 1 N–H and O–H groups in total. The molecule has 0 aromatic carbocycles. The van der Waals surface area contributed by atoms with E-state index in [1.807, 2.05) is 0 Å². The van der Waals surface area contributed by atoms with E-state index in [1.54, 1.807) is 0 Å². The van der Waals surface area contributed by atoms with Crippen molar-refractivity contribution in [1.82, 2.24) is 10.2 Å². The topological polar surface area (TPSA) is 15.3 Å². The quantitative estimate of drug-likeness (QED) is 0.383. The predicted octanol–water partition coefficient (Wildman–Crippen LogP) is 1.15. The van der Waals surface area contributed by atoms with E-state index in [1.165, 1.54) is 5.57 Å². The minimum atomic E-state index is 0.512. The van der Waals surface area contributed by atoms with E-state index in [-0.39, 0.29) is 0 Å². The molecule has 0 spiro atoms. The smallest absolute Gasteiger partial charge is 0.169 e. The van der Waals surface area contributed by atoms with E-state index < -0.39 is 0 Å². The molecule has 1 rings (SSSR count). The standard InChI is InChI=1S/C10H14N2S/c1-3-6-11-10(13)12-7-4-5-9(2)8-12/h1,5H,4,6-8H2,2H3,(H,11,13). The van der Waals surface area contributed by atoms with Gasteiger partial charge in [-0.3, -0.25) is 0 Å². The van der Waals surface area contributed by atoms with E-state index in [0.29, 0.717) is 6.54 Å². The summed E-state index contributed by atoms with van der Waals surface area (Å²) in [6.07, 6.45) is 8.46. The molecule has 2 nitrogen and oxygen atoms in total. The third-order valence-corrected chi connectivity index (χ3v) is 2.36. The van der Waals surface area contributed by atoms with Crippen molar-refractivity contribution < 1.29 is 0 Å². The lowest BCUT2D eigenvalue weighted by atomic mass is 10.1. The molecule has 0 aliphatic carbocycles. The van der Waals surface area contributed by atoms with Crippen molar-refractivity contribution in [2.24, 2.45) is 0 Å². The first kappa shape index (κ1) is 10.1. The highest BCUT2D eigenvalue weighted by molar-refractivity contribution is 7.80. The zero-order valence-corrected chi connectivity index (χ0v) is 8.66. The molecule has 1 heterocycles. The third-order valence-electron chi connectivity index (χ3n) is 1.96. The number of hydrogen-bond donors (Lipinski definition) is 1. The normalized spacial score (nSPS) is 16.0. The van der Waals surface area contributed by atoms with E-state index >= 15 is 0 Å². The minimum absolute atomic E-state index is 0.512. The number of nitrogens with zero attached hydrogens (tertiary/aromatic N) is 1. The molecule has 0 saturated heterocycles. The van der Waals surface area contributed by atoms with Crippen molar-refractivity contribution in [2.75, 3.05) is 19.6 Å².